The topological polar surface area (TPSA) is 12.9 Å². The predicted octanol–water partition coefficient (Wildman–Crippen LogP) is 5.57. The van der Waals surface area contributed by atoms with E-state index >= 15 is 0 Å². The molecule has 2 aromatic heterocycles. The number of hydrogen-bond donors (Lipinski definition) is 0. The van der Waals surface area contributed by atoms with Crippen LogP contribution in [0.4, 0.5) is 0 Å². The van der Waals surface area contributed by atoms with Gasteiger partial charge in [0.25, 0.3) is 0 Å². The molecule has 0 radical (unpaired) electrons. The Bertz CT molecular complexity index is 745. The number of pyridine rings is 1. The van der Waals surface area contributed by atoms with E-state index in [4.69, 9.17) is 0 Å². The molecule has 0 unspecified atom stereocenters. The van der Waals surface area contributed by atoms with Crippen molar-refractivity contribution in [2.75, 3.05) is 0 Å². The van der Waals surface area contributed by atoms with E-state index in [0.29, 0.717) is 0 Å². The Labute approximate surface area is 124 Å². The quantitative estimate of drug-likeness (QED) is 0.568. The van der Waals surface area contributed by atoms with E-state index in [1.165, 1.54) is 26.1 Å². The molecule has 1 nitrogen and oxygen atoms in total. The van der Waals surface area contributed by atoms with Gasteiger partial charge in [-0.15, -0.1) is 11.3 Å². The van der Waals surface area contributed by atoms with Crippen molar-refractivity contribution in [1.82, 2.24) is 4.98 Å². The van der Waals surface area contributed by atoms with Crippen LogP contribution in [0.5, 0.6) is 0 Å². The van der Waals surface area contributed by atoms with Crippen molar-refractivity contribution in [3.8, 4) is 11.3 Å². The summed E-state index contributed by atoms with van der Waals surface area (Å²) in [5.41, 5.74) is 3.83. The molecule has 0 fully saturated rings. The third kappa shape index (κ3) is 2.36. The van der Waals surface area contributed by atoms with Crippen molar-refractivity contribution in [2.45, 2.75) is 33.1 Å². The summed E-state index contributed by atoms with van der Waals surface area (Å²) in [7, 11) is 0. The Morgan fingerprint density at radius 2 is 1.70 bits per heavy atom. The highest BCUT2D eigenvalue weighted by molar-refractivity contribution is 7.19. The van der Waals surface area contributed by atoms with Gasteiger partial charge in [0.1, 0.15) is 0 Å². The van der Waals surface area contributed by atoms with Gasteiger partial charge in [-0.1, -0.05) is 45.0 Å². The first-order valence-corrected chi connectivity index (χ1v) is 7.73. The van der Waals surface area contributed by atoms with Crippen molar-refractivity contribution in [1.29, 1.82) is 0 Å². The van der Waals surface area contributed by atoms with Crippen molar-refractivity contribution in [2.24, 2.45) is 0 Å². The van der Waals surface area contributed by atoms with Gasteiger partial charge >= 0.3 is 0 Å². The Morgan fingerprint density at radius 1 is 1.00 bits per heavy atom. The van der Waals surface area contributed by atoms with Crippen molar-refractivity contribution >= 4 is 21.4 Å². The molecule has 0 atom stereocenters. The van der Waals surface area contributed by atoms with E-state index in [-0.39, 0.29) is 5.41 Å². The van der Waals surface area contributed by atoms with E-state index in [1.54, 1.807) is 0 Å². The first-order valence-electron chi connectivity index (χ1n) is 6.91. The second-order valence-corrected chi connectivity index (χ2v) is 7.54. The molecule has 0 saturated carbocycles. The molecule has 2 heterocycles. The number of thiophene rings is 1. The number of aryl methyl sites for hydroxylation is 1. The molecule has 0 aliphatic rings. The van der Waals surface area contributed by atoms with E-state index in [9.17, 15) is 0 Å². The largest absolute Gasteiger partial charge is 0.256 e. The van der Waals surface area contributed by atoms with E-state index < -0.39 is 0 Å². The molecule has 3 rings (SSSR count). The Kier molecular flexibility index (Phi) is 3.14. The standard InChI is InChI=1S/C18H19NS/c1-12-11-15-16(20-12)9-10-19-17(15)13-5-7-14(8-6-13)18(2,3)4/h5-11H,1-4H3. The van der Waals surface area contributed by atoms with Gasteiger partial charge in [-0.3, -0.25) is 4.98 Å². The number of nitrogens with zero attached hydrogens (tertiary/aromatic N) is 1. The molecule has 0 bridgehead atoms. The molecule has 2 heteroatoms. The zero-order valence-corrected chi connectivity index (χ0v) is 13.2. The lowest BCUT2D eigenvalue weighted by molar-refractivity contribution is 0.590. The zero-order valence-electron chi connectivity index (χ0n) is 12.4. The van der Waals surface area contributed by atoms with Crippen LogP contribution in [-0.2, 0) is 5.41 Å². The average Bonchev–Trinajstić information content (AvgIpc) is 2.78. The zero-order chi connectivity index (χ0) is 14.3. The van der Waals surface area contributed by atoms with Crippen LogP contribution in [-0.4, -0.2) is 4.98 Å². The molecule has 1 aromatic carbocycles. The number of benzene rings is 1. The maximum Gasteiger partial charge on any atom is 0.0788 e. The van der Waals surface area contributed by atoms with Gasteiger partial charge in [0.2, 0.25) is 0 Å². The van der Waals surface area contributed by atoms with Gasteiger partial charge in [0.15, 0.2) is 0 Å². The normalized spacial score (nSPS) is 12.0. The first-order chi connectivity index (χ1) is 9.45. The number of aromatic nitrogens is 1. The third-order valence-corrected chi connectivity index (χ3v) is 4.61. The molecule has 0 saturated heterocycles. The fourth-order valence-electron chi connectivity index (χ4n) is 2.45. The lowest BCUT2D eigenvalue weighted by Crippen LogP contribution is -2.10. The minimum atomic E-state index is 0.191. The van der Waals surface area contributed by atoms with Crippen LogP contribution in [0.1, 0.15) is 31.2 Å². The third-order valence-electron chi connectivity index (χ3n) is 3.59. The summed E-state index contributed by atoms with van der Waals surface area (Å²) < 4.78 is 1.31. The van der Waals surface area contributed by atoms with Gasteiger partial charge in [0, 0.05) is 26.7 Å². The van der Waals surface area contributed by atoms with Crippen molar-refractivity contribution < 1.29 is 0 Å². The Balaban J connectivity index is 2.11. The minimum absolute atomic E-state index is 0.191. The lowest BCUT2D eigenvalue weighted by atomic mass is 9.86. The monoisotopic (exact) mass is 281 g/mol. The van der Waals surface area contributed by atoms with E-state index in [1.807, 2.05) is 17.5 Å². The second kappa shape index (κ2) is 4.71. The fourth-order valence-corrected chi connectivity index (χ4v) is 3.37. The number of hydrogen-bond acceptors (Lipinski definition) is 2. The maximum atomic E-state index is 4.59. The molecule has 0 N–H and O–H groups in total. The molecule has 20 heavy (non-hydrogen) atoms. The summed E-state index contributed by atoms with van der Waals surface area (Å²) in [4.78, 5) is 5.92. The summed E-state index contributed by atoms with van der Waals surface area (Å²) in [5, 5.41) is 1.26. The lowest BCUT2D eigenvalue weighted by Gasteiger charge is -2.19. The molecular formula is C18H19NS. The molecule has 0 aliphatic heterocycles. The smallest absolute Gasteiger partial charge is 0.0788 e. The van der Waals surface area contributed by atoms with Gasteiger partial charge in [0.05, 0.1) is 5.69 Å². The molecule has 0 spiro atoms. The van der Waals surface area contributed by atoms with Crippen LogP contribution in [0.2, 0.25) is 0 Å². The molecular weight excluding hydrogens is 262 g/mol. The number of fused-ring (bicyclic) bond motifs is 1. The summed E-state index contributed by atoms with van der Waals surface area (Å²) >= 11 is 1.83. The van der Waals surface area contributed by atoms with Crippen LogP contribution >= 0.6 is 11.3 Å². The van der Waals surface area contributed by atoms with Gasteiger partial charge in [-0.2, -0.15) is 0 Å². The molecule has 0 amide bonds. The summed E-state index contributed by atoms with van der Waals surface area (Å²) in [6, 6.07) is 13.1. The van der Waals surface area contributed by atoms with Crippen LogP contribution in [0.25, 0.3) is 21.3 Å². The molecule has 0 aliphatic carbocycles. The van der Waals surface area contributed by atoms with Gasteiger partial charge in [-0.25, -0.2) is 0 Å². The predicted molar refractivity (Wildman–Crippen MR) is 88.5 cm³/mol. The first kappa shape index (κ1) is 13.3. The highest BCUT2D eigenvalue weighted by atomic mass is 32.1. The van der Waals surface area contributed by atoms with E-state index in [2.05, 4.69) is 69.1 Å². The maximum absolute atomic E-state index is 4.59. The summed E-state index contributed by atoms with van der Waals surface area (Å²) in [5.74, 6) is 0. The summed E-state index contributed by atoms with van der Waals surface area (Å²) in [6.07, 6.45) is 1.91. The SMILES string of the molecule is Cc1cc2c(-c3ccc(C(C)(C)C)cc3)nccc2s1. The summed E-state index contributed by atoms with van der Waals surface area (Å²) in [6.45, 7) is 8.87. The highest BCUT2D eigenvalue weighted by Gasteiger charge is 2.14. The van der Waals surface area contributed by atoms with Crippen LogP contribution < -0.4 is 0 Å². The fraction of sp³-hybridized carbons (Fsp3) is 0.278. The van der Waals surface area contributed by atoms with E-state index in [0.717, 1.165) is 5.69 Å². The van der Waals surface area contributed by atoms with Crippen molar-refractivity contribution in [3.05, 3.63) is 53.0 Å². The molecule has 3 aromatic rings. The Hall–Kier alpha value is -1.67. The Morgan fingerprint density at radius 3 is 2.35 bits per heavy atom. The average molecular weight is 281 g/mol. The van der Waals surface area contributed by atoms with Crippen LogP contribution in [0.15, 0.2) is 42.6 Å². The number of rotatable bonds is 1. The molecule has 102 valence electrons. The second-order valence-electron chi connectivity index (χ2n) is 6.26. The van der Waals surface area contributed by atoms with Crippen LogP contribution in [0, 0.1) is 6.92 Å². The van der Waals surface area contributed by atoms with Crippen molar-refractivity contribution in [3.63, 3.8) is 0 Å². The van der Waals surface area contributed by atoms with Gasteiger partial charge in [-0.05, 0) is 30.0 Å². The highest BCUT2D eigenvalue weighted by Crippen LogP contribution is 2.33. The van der Waals surface area contributed by atoms with Gasteiger partial charge < -0.3 is 0 Å². The minimum Gasteiger partial charge on any atom is -0.256 e. The van der Waals surface area contributed by atoms with Crippen LogP contribution in [0.3, 0.4) is 0 Å².